The molecule has 1 saturated heterocycles. The van der Waals surface area contributed by atoms with Gasteiger partial charge in [0, 0.05) is 33.7 Å². The fourth-order valence-corrected chi connectivity index (χ4v) is 4.48. The number of hydrogen-bond acceptors (Lipinski definition) is 3. The van der Waals surface area contributed by atoms with Crippen LogP contribution in [0.4, 0.5) is 0 Å². The van der Waals surface area contributed by atoms with E-state index in [2.05, 4.69) is 24.4 Å². The van der Waals surface area contributed by atoms with Crippen LogP contribution in [0.5, 0.6) is 0 Å². The predicted molar refractivity (Wildman–Crippen MR) is 104 cm³/mol. The molecular weight excluding hydrogens is 350 g/mol. The van der Waals surface area contributed by atoms with Gasteiger partial charge in [0.05, 0.1) is 5.92 Å². The lowest BCUT2D eigenvalue weighted by atomic mass is 9.95. The third kappa shape index (κ3) is 5.53. The summed E-state index contributed by atoms with van der Waals surface area (Å²) in [6.45, 7) is 3.50. The van der Waals surface area contributed by atoms with Crippen LogP contribution >= 0.6 is 0 Å². The van der Waals surface area contributed by atoms with Crippen molar-refractivity contribution in [3.05, 3.63) is 35.9 Å². The highest BCUT2D eigenvalue weighted by molar-refractivity contribution is 7.86. The zero-order chi connectivity index (χ0) is 19.2. The first-order chi connectivity index (χ1) is 12.3. The molecule has 1 heterocycles. The van der Waals surface area contributed by atoms with Gasteiger partial charge in [-0.05, 0) is 30.7 Å². The van der Waals surface area contributed by atoms with Gasteiger partial charge in [0.1, 0.15) is 0 Å². The van der Waals surface area contributed by atoms with Crippen LogP contribution < -0.4 is 5.32 Å². The fraction of sp³-hybridized carbons (Fsp3) is 0.632. The van der Waals surface area contributed by atoms with Gasteiger partial charge in [-0.3, -0.25) is 4.79 Å². The Morgan fingerprint density at radius 2 is 2.00 bits per heavy atom. The maximum Gasteiger partial charge on any atom is 0.281 e. The molecule has 26 heavy (non-hydrogen) atoms. The number of carbonyl (C=O) groups excluding carboxylic acids is 1. The minimum Gasteiger partial charge on any atom is -0.356 e. The van der Waals surface area contributed by atoms with Gasteiger partial charge < -0.3 is 5.32 Å². The Labute approximate surface area is 157 Å². The number of benzene rings is 1. The molecule has 6 nitrogen and oxygen atoms in total. The summed E-state index contributed by atoms with van der Waals surface area (Å²) in [6.07, 6.45) is 3.37. The van der Waals surface area contributed by atoms with Crippen LogP contribution in [0.1, 0.15) is 31.7 Å². The Bertz CT molecular complexity index is 677. The smallest absolute Gasteiger partial charge is 0.281 e. The number of nitrogens with one attached hydrogen (secondary N) is 1. The van der Waals surface area contributed by atoms with Crippen LogP contribution in [0.15, 0.2) is 30.3 Å². The second kappa shape index (κ2) is 9.48. The van der Waals surface area contributed by atoms with Crippen molar-refractivity contribution in [3.63, 3.8) is 0 Å². The molecule has 0 unspecified atom stereocenters. The highest BCUT2D eigenvalue weighted by Crippen LogP contribution is 2.20. The summed E-state index contributed by atoms with van der Waals surface area (Å²) in [5.41, 5.74) is 1.27. The number of hydrogen-bond donors (Lipinski definition) is 1. The highest BCUT2D eigenvalue weighted by atomic mass is 32.2. The number of piperidine rings is 1. The van der Waals surface area contributed by atoms with Gasteiger partial charge in [-0.25, -0.2) is 0 Å². The Balaban J connectivity index is 1.88. The Morgan fingerprint density at radius 3 is 2.62 bits per heavy atom. The molecule has 146 valence electrons. The van der Waals surface area contributed by atoms with Crippen LogP contribution in [0.2, 0.25) is 0 Å². The van der Waals surface area contributed by atoms with Crippen molar-refractivity contribution >= 4 is 16.1 Å². The molecule has 1 aliphatic rings. The SMILES string of the molecule is CC[C@@H](CNC(=O)[C@@H]1CCCN(S(=O)(=O)N(C)C)C1)Cc1ccccc1. The lowest BCUT2D eigenvalue weighted by Crippen LogP contribution is -2.49. The minimum atomic E-state index is -3.46. The Morgan fingerprint density at radius 1 is 1.31 bits per heavy atom. The number of carbonyl (C=O) groups is 1. The second-order valence-corrected chi connectivity index (χ2v) is 9.34. The molecule has 2 atom stereocenters. The van der Waals surface area contributed by atoms with E-state index in [9.17, 15) is 13.2 Å². The molecule has 0 radical (unpaired) electrons. The van der Waals surface area contributed by atoms with Gasteiger partial charge in [0.15, 0.2) is 0 Å². The van der Waals surface area contributed by atoms with Crippen molar-refractivity contribution in [1.82, 2.24) is 13.9 Å². The summed E-state index contributed by atoms with van der Waals surface area (Å²) in [5.74, 6) is 0.0782. The van der Waals surface area contributed by atoms with Crippen LogP contribution in [0, 0.1) is 11.8 Å². The van der Waals surface area contributed by atoms with Crippen LogP contribution in [-0.4, -0.2) is 56.7 Å². The summed E-state index contributed by atoms with van der Waals surface area (Å²) in [7, 11) is -0.412. The molecule has 1 N–H and O–H groups in total. The summed E-state index contributed by atoms with van der Waals surface area (Å²) < 4.78 is 27.2. The minimum absolute atomic E-state index is 0.0323. The van der Waals surface area contributed by atoms with E-state index in [1.165, 1.54) is 28.3 Å². The maximum atomic E-state index is 12.6. The molecular formula is C19H31N3O3S. The van der Waals surface area contributed by atoms with Crippen molar-refractivity contribution in [3.8, 4) is 0 Å². The van der Waals surface area contributed by atoms with Crippen molar-refractivity contribution in [2.75, 3.05) is 33.7 Å². The lowest BCUT2D eigenvalue weighted by molar-refractivity contribution is -0.126. The van der Waals surface area contributed by atoms with E-state index in [1.807, 2.05) is 18.2 Å². The van der Waals surface area contributed by atoms with E-state index in [0.717, 1.165) is 19.3 Å². The Hall–Kier alpha value is -1.44. The van der Waals surface area contributed by atoms with Gasteiger partial charge in [-0.1, -0.05) is 43.7 Å². The second-order valence-electron chi connectivity index (χ2n) is 7.20. The van der Waals surface area contributed by atoms with Gasteiger partial charge in [0.2, 0.25) is 5.91 Å². The van der Waals surface area contributed by atoms with E-state index in [0.29, 0.717) is 25.4 Å². The normalized spacial score (nSPS) is 20.1. The molecule has 0 saturated carbocycles. The summed E-state index contributed by atoms with van der Waals surface area (Å²) in [6, 6.07) is 10.3. The van der Waals surface area contributed by atoms with Crippen molar-refractivity contribution in [2.45, 2.75) is 32.6 Å². The molecule has 1 aromatic rings. The molecule has 2 rings (SSSR count). The zero-order valence-electron chi connectivity index (χ0n) is 16.0. The van der Waals surface area contributed by atoms with Gasteiger partial charge in [0.25, 0.3) is 10.2 Å². The van der Waals surface area contributed by atoms with Crippen molar-refractivity contribution in [2.24, 2.45) is 11.8 Å². The number of rotatable bonds is 8. The van der Waals surface area contributed by atoms with E-state index < -0.39 is 10.2 Å². The molecule has 1 aliphatic heterocycles. The summed E-state index contributed by atoms with van der Waals surface area (Å²) in [4.78, 5) is 12.6. The fourth-order valence-electron chi connectivity index (χ4n) is 3.29. The monoisotopic (exact) mass is 381 g/mol. The third-order valence-corrected chi connectivity index (χ3v) is 6.96. The van der Waals surface area contributed by atoms with E-state index in [4.69, 9.17) is 0 Å². The maximum absolute atomic E-state index is 12.6. The van der Waals surface area contributed by atoms with Gasteiger partial charge >= 0.3 is 0 Å². The van der Waals surface area contributed by atoms with Crippen LogP contribution in [-0.2, 0) is 21.4 Å². The van der Waals surface area contributed by atoms with E-state index in [-0.39, 0.29) is 18.4 Å². The molecule has 1 fully saturated rings. The number of amides is 1. The molecule has 1 aromatic carbocycles. The van der Waals surface area contributed by atoms with E-state index >= 15 is 0 Å². The zero-order valence-corrected chi connectivity index (χ0v) is 16.8. The molecule has 0 spiro atoms. The van der Waals surface area contributed by atoms with Gasteiger partial charge in [-0.2, -0.15) is 17.0 Å². The molecule has 7 heteroatoms. The standard InChI is InChI=1S/C19H31N3O3S/c1-4-16(13-17-9-6-5-7-10-17)14-20-19(23)18-11-8-12-22(15-18)26(24,25)21(2)3/h5-7,9-10,16,18H,4,8,11-15H2,1-3H3,(H,20,23)/t16-,18-/m1/s1. The molecule has 0 aromatic heterocycles. The molecule has 1 amide bonds. The van der Waals surface area contributed by atoms with Crippen molar-refractivity contribution in [1.29, 1.82) is 0 Å². The topological polar surface area (TPSA) is 69.7 Å². The molecule has 0 bridgehead atoms. The third-order valence-electron chi connectivity index (χ3n) is 5.05. The van der Waals surface area contributed by atoms with Crippen LogP contribution in [0.25, 0.3) is 0 Å². The lowest BCUT2D eigenvalue weighted by Gasteiger charge is -2.33. The highest BCUT2D eigenvalue weighted by Gasteiger charge is 2.33. The summed E-state index contributed by atoms with van der Waals surface area (Å²) in [5, 5.41) is 3.05. The van der Waals surface area contributed by atoms with Gasteiger partial charge in [-0.15, -0.1) is 0 Å². The first kappa shape index (κ1) is 20.9. The quantitative estimate of drug-likeness (QED) is 0.748. The van der Waals surface area contributed by atoms with Crippen LogP contribution in [0.3, 0.4) is 0 Å². The van der Waals surface area contributed by atoms with E-state index in [1.54, 1.807) is 0 Å². The number of nitrogens with zero attached hydrogens (tertiary/aromatic N) is 2. The first-order valence-corrected chi connectivity index (χ1v) is 10.7. The average Bonchev–Trinajstić information content (AvgIpc) is 2.65. The molecule has 0 aliphatic carbocycles. The summed E-state index contributed by atoms with van der Waals surface area (Å²) >= 11 is 0. The predicted octanol–water partition coefficient (Wildman–Crippen LogP) is 1.89. The largest absolute Gasteiger partial charge is 0.356 e. The first-order valence-electron chi connectivity index (χ1n) is 9.33. The average molecular weight is 382 g/mol. The van der Waals surface area contributed by atoms with Crippen molar-refractivity contribution < 1.29 is 13.2 Å². The Kier molecular flexibility index (Phi) is 7.61.